The number of piperazine rings is 1. The molecule has 1 N–H and O–H groups in total. The summed E-state index contributed by atoms with van der Waals surface area (Å²) in [5.41, 5.74) is 1.48. The molecule has 1 heterocycles. The van der Waals surface area contributed by atoms with Gasteiger partial charge in [0.1, 0.15) is 5.75 Å². The van der Waals surface area contributed by atoms with Crippen LogP contribution >= 0.6 is 24.0 Å². The minimum absolute atomic E-state index is 0. The Balaban J connectivity index is 0.00000320. The smallest absolute Gasteiger partial charge is 0.219 e. The number of aliphatic imine (C=N–C) groups is 1. The van der Waals surface area contributed by atoms with E-state index in [1.54, 1.807) is 14.0 Å². The van der Waals surface area contributed by atoms with Crippen molar-refractivity contribution < 1.29 is 9.53 Å². The van der Waals surface area contributed by atoms with E-state index in [1.807, 2.05) is 4.90 Å². The summed E-state index contributed by atoms with van der Waals surface area (Å²) in [6, 6.07) is 8.58. The number of hydrogen-bond donors (Lipinski definition) is 1. The molecular formula is C23H37IN4O2. The number of nitrogens with one attached hydrogen (secondary N) is 1. The van der Waals surface area contributed by atoms with Gasteiger partial charge >= 0.3 is 0 Å². The van der Waals surface area contributed by atoms with Gasteiger partial charge in [-0.15, -0.1) is 24.0 Å². The van der Waals surface area contributed by atoms with Gasteiger partial charge in [0.05, 0.1) is 13.7 Å². The molecule has 0 radical (unpaired) electrons. The molecule has 0 aromatic heterocycles. The molecule has 2 fully saturated rings. The summed E-state index contributed by atoms with van der Waals surface area (Å²) in [6.45, 7) is 8.61. The Morgan fingerprint density at radius 2 is 1.67 bits per heavy atom. The second-order valence-corrected chi connectivity index (χ2v) is 8.23. The van der Waals surface area contributed by atoms with Crippen molar-refractivity contribution in [2.45, 2.75) is 51.4 Å². The van der Waals surface area contributed by atoms with Crippen LogP contribution in [0.1, 0.15) is 51.5 Å². The third-order valence-electron chi connectivity index (χ3n) is 6.40. The standard InChI is InChI=1S/C23H36N4O2.HI/c1-4-24-22(27-16-14-26(15-17-27)19(2)28)25-18-23(12-6-5-7-13-23)20-8-10-21(29-3)11-9-20;/h8-11H,4-7,12-18H2,1-3H3,(H,24,25);1H. The molecule has 3 rings (SSSR count). The highest BCUT2D eigenvalue weighted by atomic mass is 127. The lowest BCUT2D eigenvalue weighted by atomic mass is 9.69. The van der Waals surface area contributed by atoms with E-state index < -0.39 is 0 Å². The Kier molecular flexibility index (Phi) is 9.71. The first-order valence-electron chi connectivity index (χ1n) is 11.0. The number of carbonyl (C=O) groups excluding carboxylic acids is 1. The maximum atomic E-state index is 11.6. The molecule has 1 saturated carbocycles. The summed E-state index contributed by atoms with van der Waals surface area (Å²) in [5, 5.41) is 3.48. The highest BCUT2D eigenvalue weighted by Crippen LogP contribution is 2.40. The second-order valence-electron chi connectivity index (χ2n) is 8.23. The van der Waals surface area contributed by atoms with E-state index in [2.05, 4.69) is 41.4 Å². The van der Waals surface area contributed by atoms with Crippen molar-refractivity contribution in [1.29, 1.82) is 0 Å². The Morgan fingerprint density at radius 3 is 2.20 bits per heavy atom. The molecule has 1 aliphatic carbocycles. The van der Waals surface area contributed by atoms with E-state index >= 15 is 0 Å². The van der Waals surface area contributed by atoms with Gasteiger partial charge in [0.25, 0.3) is 0 Å². The van der Waals surface area contributed by atoms with Crippen LogP contribution < -0.4 is 10.1 Å². The first-order chi connectivity index (χ1) is 14.1. The van der Waals surface area contributed by atoms with Gasteiger partial charge in [-0.2, -0.15) is 0 Å². The number of carbonyl (C=O) groups is 1. The number of amides is 1. The van der Waals surface area contributed by atoms with Gasteiger partial charge in [0.15, 0.2) is 5.96 Å². The molecule has 30 heavy (non-hydrogen) atoms. The van der Waals surface area contributed by atoms with Gasteiger partial charge in [-0.25, -0.2) is 0 Å². The lowest BCUT2D eigenvalue weighted by Gasteiger charge is -2.39. The lowest BCUT2D eigenvalue weighted by Crippen LogP contribution is -2.53. The van der Waals surface area contributed by atoms with Crippen molar-refractivity contribution in [3.8, 4) is 5.75 Å². The number of rotatable bonds is 5. The number of halogens is 1. The summed E-state index contributed by atoms with van der Waals surface area (Å²) in [4.78, 5) is 21.0. The Hall–Kier alpha value is -1.51. The monoisotopic (exact) mass is 528 g/mol. The maximum Gasteiger partial charge on any atom is 0.219 e. The van der Waals surface area contributed by atoms with Crippen LogP contribution in [-0.2, 0) is 10.2 Å². The Morgan fingerprint density at radius 1 is 1.07 bits per heavy atom. The number of ether oxygens (including phenoxy) is 1. The van der Waals surface area contributed by atoms with Gasteiger partial charge in [-0.1, -0.05) is 31.4 Å². The number of nitrogens with zero attached hydrogens (tertiary/aromatic N) is 3. The molecule has 0 spiro atoms. The zero-order valence-electron chi connectivity index (χ0n) is 18.7. The Labute approximate surface area is 198 Å². The summed E-state index contributed by atoms with van der Waals surface area (Å²) in [7, 11) is 1.71. The average molecular weight is 528 g/mol. The fourth-order valence-electron chi connectivity index (χ4n) is 4.60. The highest BCUT2D eigenvalue weighted by Gasteiger charge is 2.34. The van der Waals surface area contributed by atoms with Gasteiger partial charge in [0, 0.05) is 45.1 Å². The minimum atomic E-state index is 0. The zero-order chi connectivity index (χ0) is 20.7. The van der Waals surface area contributed by atoms with Gasteiger partial charge in [-0.05, 0) is 37.5 Å². The van der Waals surface area contributed by atoms with Crippen molar-refractivity contribution in [3.63, 3.8) is 0 Å². The summed E-state index contributed by atoms with van der Waals surface area (Å²) in [5.74, 6) is 2.04. The topological polar surface area (TPSA) is 57.2 Å². The number of guanidine groups is 1. The van der Waals surface area contributed by atoms with E-state index in [0.29, 0.717) is 0 Å². The summed E-state index contributed by atoms with van der Waals surface area (Å²) in [6.07, 6.45) is 6.19. The fraction of sp³-hybridized carbons (Fsp3) is 0.652. The zero-order valence-corrected chi connectivity index (χ0v) is 21.0. The largest absolute Gasteiger partial charge is 0.497 e. The van der Waals surface area contributed by atoms with Crippen LogP contribution in [0.2, 0.25) is 0 Å². The predicted molar refractivity (Wildman–Crippen MR) is 133 cm³/mol. The van der Waals surface area contributed by atoms with Gasteiger partial charge in [-0.3, -0.25) is 9.79 Å². The maximum absolute atomic E-state index is 11.6. The number of benzene rings is 1. The molecule has 168 valence electrons. The van der Waals surface area contributed by atoms with Crippen molar-refractivity contribution in [2.75, 3.05) is 46.4 Å². The molecule has 7 heteroatoms. The third-order valence-corrected chi connectivity index (χ3v) is 6.40. The van der Waals surface area contributed by atoms with Gasteiger partial charge in [0.2, 0.25) is 5.91 Å². The molecule has 0 unspecified atom stereocenters. The second kappa shape index (κ2) is 11.8. The fourth-order valence-corrected chi connectivity index (χ4v) is 4.60. The molecule has 1 aromatic carbocycles. The first kappa shape index (κ1) is 24.8. The first-order valence-corrected chi connectivity index (χ1v) is 11.0. The average Bonchev–Trinajstić information content (AvgIpc) is 2.77. The van der Waals surface area contributed by atoms with Crippen molar-refractivity contribution in [1.82, 2.24) is 15.1 Å². The van der Waals surface area contributed by atoms with E-state index in [1.165, 1.54) is 37.7 Å². The van der Waals surface area contributed by atoms with E-state index in [9.17, 15) is 4.79 Å². The molecule has 2 aliphatic rings. The summed E-state index contributed by atoms with van der Waals surface area (Å²) >= 11 is 0. The van der Waals surface area contributed by atoms with Crippen LogP contribution in [0.5, 0.6) is 5.75 Å². The molecule has 0 atom stereocenters. The summed E-state index contributed by atoms with van der Waals surface area (Å²) < 4.78 is 5.35. The molecule has 0 bridgehead atoms. The van der Waals surface area contributed by atoms with Crippen molar-refractivity contribution in [2.24, 2.45) is 4.99 Å². The normalized spacial score (nSPS) is 19.1. The van der Waals surface area contributed by atoms with Crippen LogP contribution in [-0.4, -0.2) is 68.0 Å². The molecule has 1 saturated heterocycles. The number of methoxy groups -OCH3 is 1. The molecule has 1 aromatic rings. The minimum Gasteiger partial charge on any atom is -0.497 e. The molecule has 1 amide bonds. The van der Waals surface area contributed by atoms with Gasteiger partial charge < -0.3 is 19.9 Å². The Bertz CT molecular complexity index is 694. The third kappa shape index (κ3) is 6.02. The van der Waals surface area contributed by atoms with Crippen LogP contribution in [0.15, 0.2) is 29.3 Å². The SMILES string of the molecule is CCNC(=NCC1(c2ccc(OC)cc2)CCCCC1)N1CCN(C(C)=O)CC1.I. The van der Waals surface area contributed by atoms with Crippen molar-refractivity contribution in [3.05, 3.63) is 29.8 Å². The van der Waals surface area contributed by atoms with E-state index in [-0.39, 0.29) is 35.3 Å². The van der Waals surface area contributed by atoms with Crippen LogP contribution in [0.4, 0.5) is 0 Å². The molecular weight excluding hydrogens is 491 g/mol. The number of hydrogen-bond acceptors (Lipinski definition) is 3. The van der Waals surface area contributed by atoms with Crippen LogP contribution in [0.25, 0.3) is 0 Å². The lowest BCUT2D eigenvalue weighted by molar-refractivity contribution is -0.130. The van der Waals surface area contributed by atoms with E-state index in [4.69, 9.17) is 9.73 Å². The highest BCUT2D eigenvalue weighted by molar-refractivity contribution is 14.0. The van der Waals surface area contributed by atoms with E-state index in [0.717, 1.165) is 51.0 Å². The van der Waals surface area contributed by atoms with Crippen molar-refractivity contribution >= 4 is 35.8 Å². The van der Waals surface area contributed by atoms with Crippen LogP contribution in [0.3, 0.4) is 0 Å². The van der Waals surface area contributed by atoms with Crippen LogP contribution in [0, 0.1) is 0 Å². The quantitative estimate of drug-likeness (QED) is 0.360. The molecule has 1 aliphatic heterocycles. The molecule has 6 nitrogen and oxygen atoms in total. The predicted octanol–water partition coefficient (Wildman–Crippen LogP) is 3.64.